The highest BCUT2D eigenvalue weighted by Gasteiger charge is 2.19. The van der Waals surface area contributed by atoms with Gasteiger partial charge < -0.3 is 0 Å². The van der Waals surface area contributed by atoms with Crippen LogP contribution in [0.5, 0.6) is 0 Å². The van der Waals surface area contributed by atoms with Gasteiger partial charge in [0.25, 0.3) is 0 Å². The van der Waals surface area contributed by atoms with E-state index in [1.54, 1.807) is 25.2 Å². The summed E-state index contributed by atoms with van der Waals surface area (Å²) in [5.74, 6) is -0.109. The van der Waals surface area contributed by atoms with Gasteiger partial charge in [-0.1, -0.05) is 59.6 Å². The molecule has 148 valence electrons. The van der Waals surface area contributed by atoms with Crippen LogP contribution in [0.15, 0.2) is 54.6 Å². The number of hydrogen-bond donors (Lipinski definition) is 1. The Morgan fingerprint density at radius 2 is 1.79 bits per heavy atom. The number of H-pyrrole nitrogens is 1. The van der Waals surface area contributed by atoms with E-state index in [1.165, 1.54) is 4.31 Å². The molecule has 0 unspecified atom stereocenters. The summed E-state index contributed by atoms with van der Waals surface area (Å²) >= 11 is 11.9. The molecular formula is C20H21Cl2N3O2S. The average molecular weight is 438 g/mol. The fraction of sp³-hybridized carbons (Fsp3) is 0.250. The van der Waals surface area contributed by atoms with Crippen LogP contribution in [0, 0.1) is 0 Å². The average Bonchev–Trinajstić information content (AvgIpc) is 3.14. The van der Waals surface area contributed by atoms with Crippen LogP contribution in [-0.2, 0) is 22.2 Å². The van der Waals surface area contributed by atoms with Crippen molar-refractivity contribution in [2.45, 2.75) is 18.6 Å². The van der Waals surface area contributed by atoms with Gasteiger partial charge in [0.1, 0.15) is 0 Å². The number of nitrogens with one attached hydrogen (secondary N) is 1. The second-order valence-electron chi connectivity index (χ2n) is 6.57. The van der Waals surface area contributed by atoms with E-state index in [0.29, 0.717) is 35.0 Å². The first kappa shape index (κ1) is 20.9. The molecule has 0 amide bonds. The van der Waals surface area contributed by atoms with Crippen molar-refractivity contribution < 1.29 is 8.42 Å². The molecule has 8 heteroatoms. The minimum atomic E-state index is -3.43. The Bertz CT molecular complexity index is 1040. The normalized spacial score (nSPS) is 11.9. The molecule has 0 fully saturated rings. The topological polar surface area (TPSA) is 66.1 Å². The highest BCUT2D eigenvalue weighted by Crippen LogP contribution is 2.24. The summed E-state index contributed by atoms with van der Waals surface area (Å²) in [5, 5.41) is 8.11. The number of hydrogen-bond acceptors (Lipinski definition) is 3. The fourth-order valence-corrected chi connectivity index (χ4v) is 4.38. The Morgan fingerprint density at radius 1 is 1.04 bits per heavy atom. The van der Waals surface area contributed by atoms with Crippen LogP contribution in [0.3, 0.4) is 0 Å². The van der Waals surface area contributed by atoms with Gasteiger partial charge in [-0.3, -0.25) is 5.10 Å². The van der Waals surface area contributed by atoms with Gasteiger partial charge in [0.05, 0.1) is 21.5 Å². The number of benzene rings is 2. The molecular weight excluding hydrogens is 417 g/mol. The van der Waals surface area contributed by atoms with E-state index in [0.717, 1.165) is 17.0 Å². The van der Waals surface area contributed by atoms with Crippen LogP contribution in [0.25, 0.3) is 11.3 Å². The van der Waals surface area contributed by atoms with Crippen LogP contribution in [0.1, 0.15) is 17.7 Å². The van der Waals surface area contributed by atoms with Crippen LogP contribution < -0.4 is 0 Å². The van der Waals surface area contributed by atoms with Crippen LogP contribution >= 0.6 is 23.2 Å². The third-order valence-electron chi connectivity index (χ3n) is 4.43. The fourth-order valence-electron chi connectivity index (χ4n) is 2.83. The summed E-state index contributed by atoms with van der Waals surface area (Å²) in [6.07, 6.45) is 1.40. The number of sulfonamides is 1. The molecule has 5 nitrogen and oxygen atoms in total. The Kier molecular flexibility index (Phi) is 6.78. The zero-order valence-corrected chi connectivity index (χ0v) is 17.7. The summed E-state index contributed by atoms with van der Waals surface area (Å²) in [5.41, 5.74) is 3.53. The largest absolute Gasteiger partial charge is 0.282 e. The number of nitrogens with zero attached hydrogens (tertiary/aromatic N) is 2. The Morgan fingerprint density at radius 3 is 2.50 bits per heavy atom. The van der Waals surface area contributed by atoms with E-state index >= 15 is 0 Å². The van der Waals surface area contributed by atoms with E-state index < -0.39 is 10.0 Å². The van der Waals surface area contributed by atoms with Gasteiger partial charge >= 0.3 is 0 Å². The molecule has 0 atom stereocenters. The number of aromatic nitrogens is 2. The number of halogens is 2. The smallest absolute Gasteiger partial charge is 0.218 e. The van der Waals surface area contributed by atoms with Crippen molar-refractivity contribution in [1.29, 1.82) is 0 Å². The molecule has 3 aromatic rings. The summed E-state index contributed by atoms with van der Waals surface area (Å²) in [7, 11) is -1.84. The Labute approximate surface area is 175 Å². The Hall–Kier alpha value is -1.86. The van der Waals surface area contributed by atoms with Gasteiger partial charge in [0.2, 0.25) is 10.0 Å². The zero-order chi connectivity index (χ0) is 20.1. The monoisotopic (exact) mass is 437 g/mol. The molecule has 1 heterocycles. The highest BCUT2D eigenvalue weighted by molar-refractivity contribution is 7.88. The third-order valence-corrected chi connectivity index (χ3v) is 7.00. The summed E-state index contributed by atoms with van der Waals surface area (Å²) in [4.78, 5) is 0. The van der Waals surface area contributed by atoms with Crippen molar-refractivity contribution in [2.24, 2.45) is 0 Å². The first-order valence-corrected chi connectivity index (χ1v) is 11.2. The lowest BCUT2D eigenvalue weighted by Gasteiger charge is -2.17. The SMILES string of the molecule is CN(CCCc1cc(-c2ccccc2)n[nH]1)S(=O)(=O)Cc1ccc(Cl)c(Cl)c1. The molecule has 0 saturated heterocycles. The van der Waals surface area contributed by atoms with E-state index in [2.05, 4.69) is 10.2 Å². The maximum absolute atomic E-state index is 12.6. The van der Waals surface area contributed by atoms with Crippen molar-refractivity contribution in [3.05, 3.63) is 75.9 Å². The third kappa shape index (κ3) is 5.35. The van der Waals surface area contributed by atoms with E-state index in [1.807, 2.05) is 36.4 Å². The van der Waals surface area contributed by atoms with Crippen molar-refractivity contribution in [3.63, 3.8) is 0 Å². The minimum absolute atomic E-state index is 0.109. The molecule has 0 aliphatic carbocycles. The quantitative estimate of drug-likeness (QED) is 0.551. The predicted octanol–water partition coefficient (Wildman–Crippen LogP) is 4.78. The van der Waals surface area contributed by atoms with Crippen molar-refractivity contribution >= 4 is 33.2 Å². The first-order valence-electron chi connectivity index (χ1n) is 8.83. The van der Waals surface area contributed by atoms with Crippen molar-refractivity contribution in [2.75, 3.05) is 13.6 Å². The van der Waals surface area contributed by atoms with E-state index in [4.69, 9.17) is 23.2 Å². The van der Waals surface area contributed by atoms with E-state index in [-0.39, 0.29) is 5.75 Å². The molecule has 28 heavy (non-hydrogen) atoms. The standard InChI is InChI=1S/C20H21Cl2N3O2S/c1-25(28(26,27)14-15-9-10-18(21)19(22)12-15)11-5-8-17-13-20(24-23-17)16-6-3-2-4-7-16/h2-4,6-7,9-10,12-13H,5,8,11,14H2,1H3,(H,23,24). The number of rotatable bonds is 8. The van der Waals surface area contributed by atoms with Gasteiger partial charge in [-0.15, -0.1) is 0 Å². The molecule has 0 saturated carbocycles. The maximum Gasteiger partial charge on any atom is 0.218 e. The first-order chi connectivity index (χ1) is 13.3. The molecule has 3 rings (SSSR count). The van der Waals surface area contributed by atoms with Crippen LogP contribution in [0.4, 0.5) is 0 Å². The van der Waals surface area contributed by atoms with Crippen LogP contribution in [-0.4, -0.2) is 36.5 Å². The predicted molar refractivity (Wildman–Crippen MR) is 114 cm³/mol. The van der Waals surface area contributed by atoms with Gasteiger partial charge in [-0.2, -0.15) is 5.10 Å². The van der Waals surface area contributed by atoms with Crippen molar-refractivity contribution in [3.8, 4) is 11.3 Å². The summed E-state index contributed by atoms with van der Waals surface area (Å²) in [6, 6.07) is 16.8. The van der Waals surface area contributed by atoms with Gasteiger partial charge in [0, 0.05) is 24.8 Å². The lowest BCUT2D eigenvalue weighted by Crippen LogP contribution is -2.29. The highest BCUT2D eigenvalue weighted by atomic mass is 35.5. The molecule has 1 aromatic heterocycles. The lowest BCUT2D eigenvalue weighted by molar-refractivity contribution is 0.459. The van der Waals surface area contributed by atoms with Gasteiger partial charge in [-0.05, 0) is 36.6 Å². The molecule has 2 aromatic carbocycles. The zero-order valence-electron chi connectivity index (χ0n) is 15.4. The molecule has 0 spiro atoms. The Balaban J connectivity index is 1.54. The maximum atomic E-state index is 12.6. The van der Waals surface area contributed by atoms with E-state index in [9.17, 15) is 8.42 Å². The second-order valence-corrected chi connectivity index (χ2v) is 9.46. The van der Waals surface area contributed by atoms with Gasteiger partial charge in [-0.25, -0.2) is 12.7 Å². The second kappa shape index (κ2) is 9.09. The summed E-state index contributed by atoms with van der Waals surface area (Å²) < 4.78 is 26.5. The van der Waals surface area contributed by atoms with Gasteiger partial charge in [0.15, 0.2) is 0 Å². The summed E-state index contributed by atoms with van der Waals surface area (Å²) in [6.45, 7) is 0.420. The molecule has 0 aliphatic rings. The molecule has 1 N–H and O–H groups in total. The molecule has 0 radical (unpaired) electrons. The number of aryl methyl sites for hydroxylation is 1. The molecule has 0 aliphatic heterocycles. The van der Waals surface area contributed by atoms with Crippen molar-refractivity contribution in [1.82, 2.24) is 14.5 Å². The number of aromatic amines is 1. The molecule has 0 bridgehead atoms. The lowest BCUT2D eigenvalue weighted by atomic mass is 10.1. The minimum Gasteiger partial charge on any atom is -0.282 e. The van der Waals surface area contributed by atoms with Crippen LogP contribution in [0.2, 0.25) is 10.0 Å².